The van der Waals surface area contributed by atoms with Crippen molar-refractivity contribution in [3.8, 4) is 0 Å². The van der Waals surface area contributed by atoms with Crippen molar-refractivity contribution in [2.24, 2.45) is 40.4 Å². The summed E-state index contributed by atoms with van der Waals surface area (Å²) in [5, 5.41) is 1.68. The zero-order valence-electron chi connectivity index (χ0n) is 55.9. The molecule has 6 aliphatic heterocycles. The maximum absolute atomic E-state index is 12.5. The zero-order valence-corrected chi connectivity index (χ0v) is 59.7. The number of aryl methyl sites for hydroxylation is 1. The first-order valence-corrected chi connectivity index (χ1v) is 39.1. The van der Waals surface area contributed by atoms with Gasteiger partial charge < -0.3 is 47.4 Å². The third-order valence-corrected chi connectivity index (χ3v) is 22.8. The van der Waals surface area contributed by atoms with Gasteiger partial charge in [0.15, 0.2) is 12.6 Å². The average Bonchev–Trinajstić information content (AvgIpc) is 1.22. The fraction of sp³-hybridized carbons (Fsp3) is 0.644. The topological polar surface area (TPSA) is 140 Å². The molecule has 21 heteroatoms. The molecule has 0 bridgehead atoms. The number of rotatable bonds is 22. The summed E-state index contributed by atoms with van der Waals surface area (Å²) in [5.41, 5.74) is 4.82. The van der Waals surface area contributed by atoms with Gasteiger partial charge in [0.1, 0.15) is 12.2 Å². The minimum absolute atomic E-state index is 0.00258. The van der Waals surface area contributed by atoms with Crippen molar-refractivity contribution in [2.75, 3.05) is 85.9 Å². The van der Waals surface area contributed by atoms with E-state index in [1.165, 1.54) is 55.9 Å². The van der Waals surface area contributed by atoms with Crippen LogP contribution >= 0.6 is 19.1 Å². The number of halogens is 7. The van der Waals surface area contributed by atoms with Gasteiger partial charge in [-0.25, -0.2) is 0 Å². The Kier molecular flexibility index (Phi) is 26.4. The van der Waals surface area contributed by atoms with Crippen LogP contribution in [0.2, 0.25) is 0 Å². The first-order chi connectivity index (χ1) is 44.7. The SMILES string of the molecule is C1CC(COCC2CO2)CCC1COCC1CO1.CC(C)c1ccc2sc3ccccc3c(=O)c2c1.CCC1(COCC2(CC)COC2)COC1.Cc1ccc([I+]c2ccc(CC(C)C)cc2)cc1.F[P-](F)(F)(F)(F)F.O=C(OCC1CCC2OC2C1)C1CCC2OC2C1. The van der Waals surface area contributed by atoms with Crippen LogP contribution in [0.5, 0.6) is 0 Å². The third-order valence-electron chi connectivity index (χ3n) is 19.0. The Morgan fingerprint density at radius 1 is 0.596 bits per heavy atom. The Labute approximate surface area is 566 Å². The van der Waals surface area contributed by atoms with Gasteiger partial charge in [-0.05, 0) is 180 Å². The molecule has 7 heterocycles. The number of hydrogen-bond acceptors (Lipinski definition) is 13. The first-order valence-electron chi connectivity index (χ1n) is 34.1. The maximum Gasteiger partial charge on any atom is 0.309 e. The monoisotopic (exact) mass is 1470 g/mol. The van der Waals surface area contributed by atoms with Gasteiger partial charge in [-0.15, -0.1) is 11.3 Å². The summed E-state index contributed by atoms with van der Waals surface area (Å²) in [7, 11) is -10.7. The van der Waals surface area contributed by atoms with E-state index < -0.39 is 7.81 Å². The molecular formula is C73H100F6IO12PS. The Hall–Kier alpha value is -3.38. The van der Waals surface area contributed by atoms with Crippen molar-refractivity contribution in [3.05, 3.63) is 125 Å². The molecule has 94 heavy (non-hydrogen) atoms. The van der Waals surface area contributed by atoms with E-state index in [1.54, 1.807) is 11.3 Å². The molecule has 524 valence electrons. The van der Waals surface area contributed by atoms with E-state index in [2.05, 4.69) is 109 Å². The van der Waals surface area contributed by atoms with Crippen LogP contribution in [0.4, 0.5) is 25.2 Å². The molecule has 3 aliphatic carbocycles. The Morgan fingerprint density at radius 3 is 1.57 bits per heavy atom. The van der Waals surface area contributed by atoms with Crippen molar-refractivity contribution < 1.29 is 98.5 Å². The molecule has 3 saturated carbocycles. The Bertz CT molecular complexity index is 3160. The Balaban J connectivity index is 0.000000135. The van der Waals surface area contributed by atoms with Crippen LogP contribution in [0.1, 0.15) is 141 Å². The standard InChI is InChI=1S/C17H20I.C16H14OS.C14H20O4.C14H24O4.C12H22O3.F6P/c1-13(2)12-15-6-10-17(11-7-15)18-16-8-4-14(3)5-9-16;1-10(2)11-7-8-15-13(9-11)16(17)12-5-3-4-6-14(12)18-15;15-14(9-2-4-11-13(6-9)18-11)16-7-8-1-3-10-12(5-8)17-10;1-2-12(6-16-8-14-10-18-14)4-3-11(1)5-15-7-13-9-17-13;1-3-11(5-13-6-11)9-15-10-12(4-2)7-14-8-12;1-7(2,3,4,5)6/h4-11,13H,12H2,1-3H3;3-10H,1-2H3;8-13H,1-7H2;11-14H,1-10H2;3-10H2,1-2H3;/q+1;;;;;-1. The van der Waals surface area contributed by atoms with Crippen molar-refractivity contribution in [1.29, 1.82) is 0 Å². The molecule has 8 unspecified atom stereocenters. The van der Waals surface area contributed by atoms with Crippen LogP contribution < -0.4 is 26.6 Å². The van der Waals surface area contributed by atoms with Crippen LogP contribution in [-0.2, 0) is 58.6 Å². The predicted octanol–water partition coefficient (Wildman–Crippen LogP) is 14.4. The number of carbonyl (C=O) groups is 1. The molecule has 12 nitrogen and oxygen atoms in total. The molecule has 9 aliphatic rings. The number of hydrogen-bond donors (Lipinski definition) is 0. The summed E-state index contributed by atoms with van der Waals surface area (Å²) in [6, 6.07) is 32.2. The van der Waals surface area contributed by atoms with E-state index in [4.69, 9.17) is 47.4 Å². The van der Waals surface area contributed by atoms with Gasteiger partial charge >= 0.3 is 60.2 Å². The number of ether oxygens (including phenoxy) is 10. The molecule has 0 spiro atoms. The second-order valence-electron chi connectivity index (χ2n) is 28.2. The van der Waals surface area contributed by atoms with E-state index in [0.717, 1.165) is 169 Å². The van der Waals surface area contributed by atoms with E-state index in [-0.39, 0.29) is 38.5 Å². The van der Waals surface area contributed by atoms with E-state index in [1.807, 2.05) is 30.3 Å². The first kappa shape index (κ1) is 74.8. The summed E-state index contributed by atoms with van der Waals surface area (Å²) in [6.45, 7) is 26.4. The van der Waals surface area contributed by atoms with Crippen LogP contribution in [0.3, 0.4) is 0 Å². The second kappa shape index (κ2) is 33.2. The fourth-order valence-corrected chi connectivity index (χ4v) is 15.5. The molecule has 0 amide bonds. The van der Waals surface area contributed by atoms with Crippen molar-refractivity contribution in [3.63, 3.8) is 0 Å². The van der Waals surface area contributed by atoms with Crippen molar-refractivity contribution in [2.45, 2.75) is 174 Å². The maximum atomic E-state index is 12.5. The molecule has 9 fully saturated rings. The number of benzene rings is 4. The number of epoxide rings is 4. The molecule has 0 radical (unpaired) electrons. The Morgan fingerprint density at radius 2 is 1.10 bits per heavy atom. The normalized spacial score (nSPS) is 27.1. The van der Waals surface area contributed by atoms with Gasteiger partial charge in [-0.1, -0.05) is 89.6 Å². The molecule has 5 aromatic rings. The summed E-state index contributed by atoms with van der Waals surface area (Å²) >= 11 is 1.67. The smallest absolute Gasteiger partial charge is 0.309 e. The summed E-state index contributed by atoms with van der Waals surface area (Å²) in [4.78, 5) is 24.5. The molecule has 0 N–H and O–H groups in total. The van der Waals surface area contributed by atoms with Gasteiger partial charge in [0.2, 0.25) is 0 Å². The quantitative estimate of drug-likeness (QED) is 0.0163. The van der Waals surface area contributed by atoms with Gasteiger partial charge in [-0.2, -0.15) is 0 Å². The van der Waals surface area contributed by atoms with Crippen LogP contribution in [-0.4, -0.2) is 128 Å². The molecular weight excluding hydrogens is 1370 g/mol. The fourth-order valence-electron chi connectivity index (χ4n) is 12.3. The predicted molar refractivity (Wildman–Crippen MR) is 354 cm³/mol. The second-order valence-corrected chi connectivity index (χ2v) is 34.2. The van der Waals surface area contributed by atoms with Crippen LogP contribution in [0, 0.1) is 54.5 Å². The molecule has 4 aromatic carbocycles. The number of esters is 1. The minimum atomic E-state index is -10.7. The number of fused-ring (bicyclic) bond motifs is 4. The van der Waals surface area contributed by atoms with Gasteiger partial charge in [0, 0.05) is 44.2 Å². The number of carbonyl (C=O) groups excluding carboxylic acids is 1. The molecule has 1 aromatic heterocycles. The summed E-state index contributed by atoms with van der Waals surface area (Å²) < 4.78 is 119. The summed E-state index contributed by atoms with van der Waals surface area (Å²) in [5.74, 6) is 3.31. The van der Waals surface area contributed by atoms with Crippen molar-refractivity contribution in [1.82, 2.24) is 0 Å². The molecule has 6 saturated heterocycles. The molecule has 8 atom stereocenters. The van der Waals surface area contributed by atoms with Crippen LogP contribution in [0.25, 0.3) is 20.2 Å². The van der Waals surface area contributed by atoms with Crippen molar-refractivity contribution >= 4 is 45.3 Å². The van der Waals surface area contributed by atoms with Gasteiger partial charge in [0.05, 0.1) is 103 Å². The van der Waals surface area contributed by atoms with E-state index in [9.17, 15) is 34.8 Å². The summed E-state index contributed by atoms with van der Waals surface area (Å²) in [6.07, 6.45) is 17.5. The van der Waals surface area contributed by atoms with Gasteiger partial charge in [0.25, 0.3) is 0 Å². The average molecular weight is 1470 g/mol. The van der Waals surface area contributed by atoms with E-state index >= 15 is 0 Å². The van der Waals surface area contributed by atoms with Gasteiger partial charge in [-0.3, -0.25) is 9.59 Å². The van der Waals surface area contributed by atoms with Crippen LogP contribution in [0.15, 0.2) is 95.8 Å². The molecule has 14 rings (SSSR count). The minimum Gasteiger partial charge on any atom is -0.465 e. The largest absolute Gasteiger partial charge is 0.465 e. The zero-order chi connectivity index (χ0) is 67.2. The van der Waals surface area contributed by atoms with E-state index in [0.29, 0.717) is 65.9 Å². The third kappa shape index (κ3) is 26.0.